The lowest BCUT2D eigenvalue weighted by Crippen LogP contribution is -2.45. The highest BCUT2D eigenvalue weighted by Gasteiger charge is 2.24. The van der Waals surface area contributed by atoms with E-state index in [0.29, 0.717) is 0 Å². The highest BCUT2D eigenvalue weighted by molar-refractivity contribution is 7.98. The molecule has 0 radical (unpaired) electrons. The molecule has 0 unspecified atom stereocenters. The van der Waals surface area contributed by atoms with Crippen molar-refractivity contribution in [1.29, 1.82) is 0 Å². The quantitative estimate of drug-likeness (QED) is 0.701. The molecule has 0 atom stereocenters. The van der Waals surface area contributed by atoms with E-state index in [1.54, 1.807) is 11.8 Å². The molecule has 0 saturated heterocycles. The molecule has 0 spiro atoms. The van der Waals surface area contributed by atoms with Gasteiger partial charge in [-0.15, -0.1) is 11.8 Å². The van der Waals surface area contributed by atoms with Crippen LogP contribution in [0.3, 0.4) is 0 Å². The summed E-state index contributed by atoms with van der Waals surface area (Å²) in [5.41, 5.74) is 1.67. The molecule has 0 aromatic heterocycles. The van der Waals surface area contributed by atoms with Gasteiger partial charge in [0.2, 0.25) is 0 Å². The van der Waals surface area contributed by atoms with Crippen LogP contribution < -0.4 is 0 Å². The topological polar surface area (TPSA) is 3.24 Å². The van der Waals surface area contributed by atoms with Gasteiger partial charge >= 0.3 is 0 Å². The van der Waals surface area contributed by atoms with Crippen molar-refractivity contribution in [3.63, 3.8) is 0 Å². The Bertz CT molecular complexity index is 325. The van der Waals surface area contributed by atoms with Crippen LogP contribution in [0, 0.1) is 0 Å². The number of hydrogen-bond acceptors (Lipinski definition) is 2. The second-order valence-corrected chi connectivity index (χ2v) is 5.89. The molecular formula is C15H25NS. The third-order valence-corrected chi connectivity index (χ3v) is 4.16. The average Bonchev–Trinajstić information content (AvgIpc) is 2.30. The van der Waals surface area contributed by atoms with Crippen molar-refractivity contribution >= 4 is 11.8 Å². The first kappa shape index (κ1) is 14.6. The van der Waals surface area contributed by atoms with Gasteiger partial charge in [0.15, 0.2) is 0 Å². The summed E-state index contributed by atoms with van der Waals surface area (Å²) >= 11 is 1.80. The van der Waals surface area contributed by atoms with Crippen molar-refractivity contribution in [3.05, 3.63) is 29.8 Å². The van der Waals surface area contributed by atoms with Crippen molar-refractivity contribution in [1.82, 2.24) is 4.90 Å². The third kappa shape index (κ3) is 4.04. The first-order chi connectivity index (χ1) is 8.03. The van der Waals surface area contributed by atoms with Gasteiger partial charge in [-0.2, -0.15) is 0 Å². The molecule has 0 aliphatic rings. The zero-order valence-electron chi connectivity index (χ0n) is 11.8. The molecule has 0 aliphatic heterocycles. The summed E-state index contributed by atoms with van der Waals surface area (Å²) in [4.78, 5) is 3.87. The molecule has 1 aromatic carbocycles. The first-order valence-corrected chi connectivity index (χ1v) is 7.64. The summed E-state index contributed by atoms with van der Waals surface area (Å²) in [7, 11) is 0. The smallest absolute Gasteiger partial charge is 0.0193 e. The maximum atomic E-state index is 2.52. The molecule has 0 fully saturated rings. The van der Waals surface area contributed by atoms with Gasteiger partial charge in [0.1, 0.15) is 0 Å². The van der Waals surface area contributed by atoms with Crippen LogP contribution in [-0.4, -0.2) is 29.8 Å². The second kappa shape index (κ2) is 6.46. The van der Waals surface area contributed by atoms with E-state index in [4.69, 9.17) is 0 Å². The fourth-order valence-electron chi connectivity index (χ4n) is 2.43. The lowest BCUT2D eigenvalue weighted by Gasteiger charge is -2.37. The Hall–Kier alpha value is -0.470. The number of nitrogens with zero attached hydrogens (tertiary/aromatic N) is 1. The van der Waals surface area contributed by atoms with Crippen molar-refractivity contribution in [2.24, 2.45) is 0 Å². The van der Waals surface area contributed by atoms with E-state index in [1.807, 2.05) is 0 Å². The Labute approximate surface area is 111 Å². The van der Waals surface area contributed by atoms with Crippen molar-refractivity contribution in [2.45, 2.75) is 44.6 Å². The SMILES string of the molecule is CCN(CC)C(C)(C)Cc1ccc(SC)cc1. The van der Waals surface area contributed by atoms with Gasteiger partial charge < -0.3 is 0 Å². The van der Waals surface area contributed by atoms with Crippen LogP contribution >= 0.6 is 11.8 Å². The standard InChI is InChI=1S/C15H25NS/c1-6-16(7-2)15(3,4)12-13-8-10-14(17-5)11-9-13/h8-11H,6-7,12H2,1-5H3. The number of benzene rings is 1. The predicted molar refractivity (Wildman–Crippen MR) is 78.9 cm³/mol. The maximum Gasteiger partial charge on any atom is 0.0193 e. The summed E-state index contributed by atoms with van der Waals surface area (Å²) in [6, 6.07) is 8.96. The molecule has 0 bridgehead atoms. The van der Waals surface area contributed by atoms with Gasteiger partial charge in [-0.05, 0) is 57.3 Å². The Morgan fingerprint density at radius 2 is 1.59 bits per heavy atom. The molecule has 1 nitrogen and oxygen atoms in total. The van der Waals surface area contributed by atoms with Crippen LogP contribution in [0.5, 0.6) is 0 Å². The summed E-state index contributed by atoms with van der Waals surface area (Å²) in [5.74, 6) is 0. The molecule has 0 amide bonds. The Kier molecular flexibility index (Phi) is 5.54. The van der Waals surface area contributed by atoms with E-state index in [1.165, 1.54) is 10.5 Å². The molecule has 2 heteroatoms. The fourth-order valence-corrected chi connectivity index (χ4v) is 2.84. The van der Waals surface area contributed by atoms with Gasteiger partial charge in [0.05, 0.1) is 0 Å². The summed E-state index contributed by atoms with van der Waals surface area (Å²) < 4.78 is 0. The summed E-state index contributed by atoms with van der Waals surface area (Å²) in [6.45, 7) is 11.4. The van der Waals surface area contributed by atoms with Gasteiger partial charge in [-0.25, -0.2) is 0 Å². The first-order valence-electron chi connectivity index (χ1n) is 6.41. The molecule has 0 saturated carbocycles. The zero-order chi connectivity index (χ0) is 12.9. The molecule has 96 valence electrons. The fraction of sp³-hybridized carbons (Fsp3) is 0.600. The van der Waals surface area contributed by atoms with E-state index in [2.05, 4.69) is 63.1 Å². The van der Waals surface area contributed by atoms with Gasteiger partial charge in [-0.3, -0.25) is 4.90 Å². The summed E-state index contributed by atoms with van der Waals surface area (Å²) in [5, 5.41) is 0. The number of thioether (sulfide) groups is 1. The van der Waals surface area contributed by atoms with Crippen LogP contribution in [0.25, 0.3) is 0 Å². The van der Waals surface area contributed by atoms with Crippen molar-refractivity contribution in [3.8, 4) is 0 Å². The van der Waals surface area contributed by atoms with Gasteiger partial charge in [0.25, 0.3) is 0 Å². The van der Waals surface area contributed by atoms with E-state index in [-0.39, 0.29) is 5.54 Å². The Morgan fingerprint density at radius 1 is 1.06 bits per heavy atom. The van der Waals surface area contributed by atoms with Crippen molar-refractivity contribution in [2.75, 3.05) is 19.3 Å². The van der Waals surface area contributed by atoms with Crippen molar-refractivity contribution < 1.29 is 0 Å². The van der Waals surface area contributed by atoms with Gasteiger partial charge in [-0.1, -0.05) is 26.0 Å². The predicted octanol–water partition coefficient (Wildman–Crippen LogP) is 4.07. The van der Waals surface area contributed by atoms with E-state index in [0.717, 1.165) is 19.5 Å². The monoisotopic (exact) mass is 251 g/mol. The maximum absolute atomic E-state index is 2.52. The summed E-state index contributed by atoms with van der Waals surface area (Å²) in [6.07, 6.45) is 3.23. The van der Waals surface area contributed by atoms with E-state index in [9.17, 15) is 0 Å². The second-order valence-electron chi connectivity index (χ2n) is 5.01. The molecular weight excluding hydrogens is 226 g/mol. The van der Waals surface area contributed by atoms with Crippen LogP contribution in [0.15, 0.2) is 29.2 Å². The van der Waals surface area contributed by atoms with E-state index < -0.39 is 0 Å². The minimum atomic E-state index is 0.240. The third-order valence-electron chi connectivity index (χ3n) is 3.42. The minimum Gasteiger partial charge on any atom is -0.298 e. The molecule has 0 aliphatic carbocycles. The molecule has 0 heterocycles. The van der Waals surface area contributed by atoms with Crippen LogP contribution in [0.2, 0.25) is 0 Å². The van der Waals surface area contributed by atoms with E-state index >= 15 is 0 Å². The Balaban J connectivity index is 2.74. The Morgan fingerprint density at radius 3 is 2.00 bits per heavy atom. The van der Waals surface area contributed by atoms with Crippen LogP contribution in [-0.2, 0) is 6.42 Å². The average molecular weight is 251 g/mol. The highest BCUT2D eigenvalue weighted by Crippen LogP contribution is 2.22. The minimum absolute atomic E-state index is 0.240. The number of rotatable bonds is 6. The van der Waals surface area contributed by atoms with Crippen LogP contribution in [0.1, 0.15) is 33.3 Å². The molecule has 1 aromatic rings. The lowest BCUT2D eigenvalue weighted by atomic mass is 9.93. The molecule has 1 rings (SSSR count). The molecule has 0 N–H and O–H groups in total. The highest BCUT2D eigenvalue weighted by atomic mass is 32.2. The van der Waals surface area contributed by atoms with Gasteiger partial charge in [0, 0.05) is 10.4 Å². The van der Waals surface area contributed by atoms with Crippen LogP contribution in [0.4, 0.5) is 0 Å². The lowest BCUT2D eigenvalue weighted by molar-refractivity contribution is 0.135. The largest absolute Gasteiger partial charge is 0.298 e. The molecule has 17 heavy (non-hydrogen) atoms. The zero-order valence-corrected chi connectivity index (χ0v) is 12.6. The normalized spacial score (nSPS) is 12.1. The number of hydrogen-bond donors (Lipinski definition) is 0. The number of likely N-dealkylation sites (N-methyl/N-ethyl adjacent to an activating group) is 1.